The number of fused-ring (bicyclic) bond motifs is 2. The molecule has 114 valence electrons. The Hall–Kier alpha value is -1.92. The summed E-state index contributed by atoms with van der Waals surface area (Å²) in [7, 11) is 0. The van der Waals surface area contributed by atoms with E-state index in [2.05, 4.69) is 15.6 Å². The Morgan fingerprint density at radius 1 is 1.32 bits per heavy atom. The van der Waals surface area contributed by atoms with Gasteiger partial charge in [-0.05, 0) is 31.4 Å². The predicted octanol–water partition coefficient (Wildman–Crippen LogP) is 2.56. The summed E-state index contributed by atoms with van der Waals surface area (Å²) in [5.41, 5.74) is 0. The van der Waals surface area contributed by atoms with E-state index < -0.39 is 0 Å². The second-order valence-electron chi connectivity index (χ2n) is 5.77. The topological polar surface area (TPSA) is 63.2 Å². The number of nitrogens with zero attached hydrogens (tertiary/aromatic N) is 1. The number of nitrogens with one attached hydrogen (secondary N) is 2. The van der Waals surface area contributed by atoms with Crippen LogP contribution in [0.25, 0.3) is 0 Å². The van der Waals surface area contributed by atoms with E-state index in [9.17, 15) is 4.79 Å². The minimum absolute atomic E-state index is 0.0558. The summed E-state index contributed by atoms with van der Waals surface area (Å²) in [6, 6.07) is 10.7. The molecule has 1 aromatic heterocycles. The Balaban J connectivity index is 1.39. The zero-order valence-electron chi connectivity index (χ0n) is 12.0. The summed E-state index contributed by atoms with van der Waals surface area (Å²) in [5.74, 6) is 0.667. The Bertz CT molecular complexity index is 673. The van der Waals surface area contributed by atoms with E-state index in [1.807, 2.05) is 30.3 Å². The fourth-order valence-corrected chi connectivity index (χ4v) is 3.91. The molecule has 2 N–H and O–H groups in total. The van der Waals surface area contributed by atoms with Crippen LogP contribution < -0.4 is 15.4 Å². The highest BCUT2D eigenvalue weighted by Crippen LogP contribution is 2.30. The molecular weight excluding hydrogens is 298 g/mol. The van der Waals surface area contributed by atoms with Crippen molar-refractivity contribution in [2.24, 2.45) is 0 Å². The fraction of sp³-hybridized carbons (Fsp3) is 0.375. The average Bonchev–Trinajstić information content (AvgIpc) is 3.24. The first-order valence-electron chi connectivity index (χ1n) is 7.53. The highest BCUT2D eigenvalue weighted by molar-refractivity contribution is 7.15. The number of carbonyl (C=O) groups is 1. The first kappa shape index (κ1) is 13.7. The standard InChI is InChI=1S/C16H17N3O2S/c20-15(19-13-8-10-6-7-12(13)18-10)14-9-17-16(22-14)21-11-4-2-1-3-5-11/h1-5,9-10,12-13,18H,6-8H2,(H,19,20). The molecule has 2 fully saturated rings. The van der Waals surface area contributed by atoms with Gasteiger partial charge in [-0.15, -0.1) is 0 Å². The van der Waals surface area contributed by atoms with E-state index in [1.165, 1.54) is 17.8 Å². The molecule has 22 heavy (non-hydrogen) atoms. The van der Waals surface area contributed by atoms with Crippen molar-refractivity contribution in [1.82, 2.24) is 15.6 Å². The quantitative estimate of drug-likeness (QED) is 0.910. The molecule has 2 saturated heterocycles. The number of hydrogen-bond acceptors (Lipinski definition) is 5. The molecule has 2 aliphatic heterocycles. The molecule has 3 atom stereocenters. The van der Waals surface area contributed by atoms with Gasteiger partial charge in [-0.2, -0.15) is 0 Å². The molecule has 4 rings (SSSR count). The summed E-state index contributed by atoms with van der Waals surface area (Å²) >= 11 is 1.27. The van der Waals surface area contributed by atoms with Crippen molar-refractivity contribution in [1.29, 1.82) is 0 Å². The van der Waals surface area contributed by atoms with Crippen LogP contribution in [0.15, 0.2) is 36.5 Å². The van der Waals surface area contributed by atoms with Crippen LogP contribution in [0.4, 0.5) is 0 Å². The van der Waals surface area contributed by atoms with Crippen molar-refractivity contribution < 1.29 is 9.53 Å². The molecule has 2 bridgehead atoms. The minimum Gasteiger partial charge on any atom is -0.431 e. The van der Waals surface area contributed by atoms with Gasteiger partial charge in [0.05, 0.1) is 6.20 Å². The van der Waals surface area contributed by atoms with Gasteiger partial charge >= 0.3 is 0 Å². The number of thiazole rings is 1. The van der Waals surface area contributed by atoms with E-state index in [-0.39, 0.29) is 11.9 Å². The van der Waals surface area contributed by atoms with Gasteiger partial charge in [0.25, 0.3) is 11.1 Å². The smallest absolute Gasteiger partial charge is 0.279 e. The number of hydrogen-bond donors (Lipinski definition) is 2. The first-order chi connectivity index (χ1) is 10.8. The minimum atomic E-state index is -0.0558. The average molecular weight is 315 g/mol. The second-order valence-corrected chi connectivity index (χ2v) is 6.76. The van der Waals surface area contributed by atoms with Gasteiger partial charge in [-0.3, -0.25) is 4.79 Å². The highest BCUT2D eigenvalue weighted by Gasteiger charge is 2.39. The van der Waals surface area contributed by atoms with Gasteiger partial charge < -0.3 is 15.4 Å². The van der Waals surface area contributed by atoms with Gasteiger partial charge in [0.1, 0.15) is 10.6 Å². The van der Waals surface area contributed by atoms with Crippen molar-refractivity contribution in [3.05, 3.63) is 41.4 Å². The summed E-state index contributed by atoms with van der Waals surface area (Å²) in [6.07, 6.45) is 4.99. The molecule has 0 spiro atoms. The molecule has 6 heteroatoms. The Morgan fingerprint density at radius 2 is 2.18 bits per heavy atom. The third-order valence-electron chi connectivity index (χ3n) is 4.27. The van der Waals surface area contributed by atoms with Crippen LogP contribution in [0.2, 0.25) is 0 Å². The molecule has 0 aliphatic carbocycles. The molecule has 0 saturated carbocycles. The van der Waals surface area contributed by atoms with E-state index in [0.29, 0.717) is 22.2 Å². The number of ether oxygens (including phenoxy) is 1. The van der Waals surface area contributed by atoms with E-state index in [0.717, 1.165) is 18.6 Å². The Kier molecular flexibility index (Phi) is 3.56. The van der Waals surface area contributed by atoms with Crippen LogP contribution >= 0.6 is 11.3 Å². The highest BCUT2D eigenvalue weighted by atomic mass is 32.1. The fourth-order valence-electron chi connectivity index (χ4n) is 3.22. The molecular formula is C16H17N3O2S. The molecule has 0 radical (unpaired) electrons. The Morgan fingerprint density at radius 3 is 2.91 bits per heavy atom. The van der Waals surface area contributed by atoms with E-state index in [1.54, 1.807) is 6.20 Å². The van der Waals surface area contributed by atoms with Gasteiger partial charge in [-0.25, -0.2) is 4.98 Å². The largest absolute Gasteiger partial charge is 0.431 e. The normalized spacial score (nSPS) is 26.1. The van der Waals surface area contributed by atoms with Crippen LogP contribution in [-0.4, -0.2) is 29.0 Å². The van der Waals surface area contributed by atoms with Crippen molar-refractivity contribution >= 4 is 17.2 Å². The van der Waals surface area contributed by atoms with Gasteiger partial charge in [0.2, 0.25) is 0 Å². The van der Waals surface area contributed by atoms with Gasteiger partial charge in [0.15, 0.2) is 0 Å². The number of rotatable bonds is 4. The molecule has 3 heterocycles. The van der Waals surface area contributed by atoms with Crippen LogP contribution in [0, 0.1) is 0 Å². The summed E-state index contributed by atoms with van der Waals surface area (Å²) < 4.78 is 5.64. The SMILES string of the molecule is O=C(NC1CC2CCC1N2)c1cnc(Oc2ccccc2)s1. The van der Waals surface area contributed by atoms with E-state index in [4.69, 9.17) is 4.74 Å². The van der Waals surface area contributed by atoms with Crippen molar-refractivity contribution in [2.75, 3.05) is 0 Å². The van der Waals surface area contributed by atoms with E-state index >= 15 is 0 Å². The maximum absolute atomic E-state index is 12.3. The first-order valence-corrected chi connectivity index (χ1v) is 8.35. The van der Waals surface area contributed by atoms with Crippen molar-refractivity contribution in [2.45, 2.75) is 37.4 Å². The van der Waals surface area contributed by atoms with Crippen molar-refractivity contribution in [3.63, 3.8) is 0 Å². The number of para-hydroxylation sites is 1. The third-order valence-corrected chi connectivity index (χ3v) is 5.15. The lowest BCUT2D eigenvalue weighted by atomic mass is 9.95. The Labute approximate surface area is 132 Å². The van der Waals surface area contributed by atoms with Crippen LogP contribution in [-0.2, 0) is 0 Å². The molecule has 2 aromatic rings. The van der Waals surface area contributed by atoms with Crippen LogP contribution in [0.1, 0.15) is 28.9 Å². The predicted molar refractivity (Wildman–Crippen MR) is 84.4 cm³/mol. The molecule has 3 unspecified atom stereocenters. The van der Waals surface area contributed by atoms with Crippen LogP contribution in [0.5, 0.6) is 10.9 Å². The molecule has 5 nitrogen and oxygen atoms in total. The van der Waals surface area contributed by atoms with Gasteiger partial charge in [-0.1, -0.05) is 29.5 Å². The van der Waals surface area contributed by atoms with Gasteiger partial charge in [0, 0.05) is 18.1 Å². The molecule has 1 amide bonds. The maximum atomic E-state index is 12.3. The number of aromatic nitrogens is 1. The lowest BCUT2D eigenvalue weighted by Crippen LogP contribution is -2.42. The molecule has 2 aliphatic rings. The summed E-state index contributed by atoms with van der Waals surface area (Å²) in [4.78, 5) is 17.1. The lowest BCUT2D eigenvalue weighted by molar-refractivity contribution is 0.0935. The monoisotopic (exact) mass is 315 g/mol. The maximum Gasteiger partial charge on any atom is 0.279 e. The number of carbonyl (C=O) groups excluding carboxylic acids is 1. The summed E-state index contributed by atoms with van der Waals surface area (Å²) in [6.45, 7) is 0. The zero-order chi connectivity index (χ0) is 14.9. The number of amides is 1. The zero-order valence-corrected chi connectivity index (χ0v) is 12.8. The second kappa shape index (κ2) is 5.70. The van der Waals surface area contributed by atoms with Crippen molar-refractivity contribution in [3.8, 4) is 10.9 Å². The molecule has 1 aromatic carbocycles. The lowest BCUT2D eigenvalue weighted by Gasteiger charge is -2.20. The van der Waals surface area contributed by atoms with Crippen LogP contribution in [0.3, 0.4) is 0 Å². The number of benzene rings is 1. The summed E-state index contributed by atoms with van der Waals surface area (Å²) in [5, 5.41) is 7.13. The third kappa shape index (κ3) is 2.71.